The minimum Gasteiger partial charge on any atom is -0.444 e. The lowest BCUT2D eigenvalue weighted by molar-refractivity contribution is 0.0137. The highest BCUT2D eigenvalue weighted by atomic mass is 16.6. The number of carbonyl (C=O) groups excluding carboxylic acids is 1. The summed E-state index contributed by atoms with van der Waals surface area (Å²) >= 11 is 0. The Hall–Kier alpha value is -1.85. The van der Waals surface area contributed by atoms with Gasteiger partial charge in [0.2, 0.25) is 0 Å². The van der Waals surface area contributed by atoms with Crippen LogP contribution in [0.15, 0.2) is 24.3 Å². The van der Waals surface area contributed by atoms with E-state index in [1.54, 1.807) is 4.90 Å². The summed E-state index contributed by atoms with van der Waals surface area (Å²) < 4.78 is 11.1. The highest BCUT2D eigenvalue weighted by molar-refractivity contribution is 5.74. The van der Waals surface area contributed by atoms with Crippen molar-refractivity contribution in [2.24, 2.45) is 0 Å². The molecule has 1 atom stereocenters. The predicted molar refractivity (Wildman–Crippen MR) is 115 cm³/mol. The first kappa shape index (κ1) is 20.4. The Morgan fingerprint density at radius 2 is 1.93 bits per heavy atom. The molecule has 1 amide bonds. The molecule has 1 aromatic carbocycles. The van der Waals surface area contributed by atoms with Gasteiger partial charge in [0.1, 0.15) is 5.60 Å². The summed E-state index contributed by atoms with van der Waals surface area (Å²) in [6.07, 6.45) is 6.41. The molecule has 2 heterocycles. The lowest BCUT2D eigenvalue weighted by atomic mass is 9.81. The Morgan fingerprint density at radius 3 is 2.62 bits per heavy atom. The number of nitrogens with zero attached hydrogens (tertiary/aromatic N) is 2. The van der Waals surface area contributed by atoms with E-state index in [1.807, 2.05) is 20.8 Å². The quantitative estimate of drug-likeness (QED) is 0.758. The first-order chi connectivity index (χ1) is 13.9. The third-order valence-corrected chi connectivity index (χ3v) is 6.23. The Kier molecular flexibility index (Phi) is 5.98. The number of benzene rings is 1. The molecule has 5 heteroatoms. The Labute approximate surface area is 174 Å². The van der Waals surface area contributed by atoms with Crippen molar-refractivity contribution in [2.75, 3.05) is 39.4 Å². The summed E-state index contributed by atoms with van der Waals surface area (Å²) in [7, 11) is 0. The zero-order valence-corrected chi connectivity index (χ0v) is 18.1. The normalized spacial score (nSPS) is 23.3. The maximum atomic E-state index is 12.4. The van der Waals surface area contributed by atoms with Crippen LogP contribution < -0.4 is 0 Å². The van der Waals surface area contributed by atoms with Gasteiger partial charge in [-0.05, 0) is 68.7 Å². The minimum atomic E-state index is -0.450. The number of aryl methyl sites for hydroxylation is 1. The van der Waals surface area contributed by atoms with Crippen LogP contribution in [0.5, 0.6) is 0 Å². The Bertz CT molecular complexity index is 775. The highest BCUT2D eigenvalue weighted by Gasteiger charge is 2.29. The van der Waals surface area contributed by atoms with E-state index in [2.05, 4.69) is 29.2 Å². The van der Waals surface area contributed by atoms with Crippen molar-refractivity contribution in [1.82, 2.24) is 9.80 Å². The van der Waals surface area contributed by atoms with Crippen molar-refractivity contribution in [3.63, 3.8) is 0 Å². The maximum Gasteiger partial charge on any atom is 0.410 e. The molecule has 1 saturated heterocycles. The molecule has 1 aromatic rings. The van der Waals surface area contributed by atoms with Gasteiger partial charge in [0.25, 0.3) is 0 Å². The molecule has 5 nitrogen and oxygen atoms in total. The van der Waals surface area contributed by atoms with Crippen molar-refractivity contribution >= 4 is 11.7 Å². The van der Waals surface area contributed by atoms with E-state index in [-0.39, 0.29) is 6.09 Å². The zero-order valence-electron chi connectivity index (χ0n) is 18.1. The molecule has 4 rings (SSSR count). The van der Waals surface area contributed by atoms with Gasteiger partial charge in [-0.1, -0.05) is 24.3 Å². The number of fused-ring (bicyclic) bond motifs is 1. The van der Waals surface area contributed by atoms with Crippen LogP contribution in [0, 0.1) is 0 Å². The van der Waals surface area contributed by atoms with E-state index in [0.29, 0.717) is 12.6 Å². The monoisotopic (exact) mass is 398 g/mol. The van der Waals surface area contributed by atoms with Crippen LogP contribution in [-0.4, -0.2) is 66.9 Å². The fourth-order valence-electron chi connectivity index (χ4n) is 4.73. The van der Waals surface area contributed by atoms with E-state index < -0.39 is 5.60 Å². The van der Waals surface area contributed by atoms with Gasteiger partial charge in [-0.15, -0.1) is 0 Å². The summed E-state index contributed by atoms with van der Waals surface area (Å²) in [6, 6.07) is 7.39. The molecule has 1 unspecified atom stereocenters. The number of carbonyl (C=O) groups is 1. The second kappa shape index (κ2) is 8.49. The van der Waals surface area contributed by atoms with Crippen LogP contribution in [0.3, 0.4) is 0 Å². The summed E-state index contributed by atoms with van der Waals surface area (Å²) in [5.41, 5.74) is 5.34. The number of ether oxygens (including phenoxy) is 2. The van der Waals surface area contributed by atoms with Gasteiger partial charge < -0.3 is 14.4 Å². The summed E-state index contributed by atoms with van der Waals surface area (Å²) in [6.45, 7) is 10.9. The topological polar surface area (TPSA) is 42.0 Å². The van der Waals surface area contributed by atoms with Gasteiger partial charge in [-0.3, -0.25) is 4.90 Å². The third kappa shape index (κ3) is 4.84. The zero-order chi connectivity index (χ0) is 20.4. The van der Waals surface area contributed by atoms with Crippen LogP contribution in [0.4, 0.5) is 4.79 Å². The molecule has 3 aliphatic rings. The second-order valence-electron chi connectivity index (χ2n) is 9.39. The van der Waals surface area contributed by atoms with Crippen LogP contribution >= 0.6 is 0 Å². The van der Waals surface area contributed by atoms with Gasteiger partial charge >= 0.3 is 6.09 Å². The fraction of sp³-hybridized carbons (Fsp3) is 0.625. The summed E-state index contributed by atoms with van der Waals surface area (Å²) in [4.78, 5) is 16.8. The summed E-state index contributed by atoms with van der Waals surface area (Å²) in [5, 5.41) is 0. The minimum absolute atomic E-state index is 0.213. The van der Waals surface area contributed by atoms with Crippen molar-refractivity contribution in [2.45, 2.75) is 58.1 Å². The maximum absolute atomic E-state index is 12.4. The number of hydrogen-bond acceptors (Lipinski definition) is 4. The average molecular weight is 399 g/mol. The summed E-state index contributed by atoms with van der Waals surface area (Å²) in [5.74, 6) is 0. The number of rotatable bonds is 2. The van der Waals surface area contributed by atoms with Crippen molar-refractivity contribution in [1.29, 1.82) is 0 Å². The molecule has 0 aromatic heterocycles. The van der Waals surface area contributed by atoms with E-state index in [1.165, 1.54) is 28.7 Å². The molecular weight excluding hydrogens is 364 g/mol. The molecular formula is C24H34N2O3. The van der Waals surface area contributed by atoms with E-state index >= 15 is 0 Å². The number of hydrogen-bond donors (Lipinski definition) is 0. The molecule has 0 N–H and O–H groups in total. The molecule has 2 aliphatic heterocycles. The van der Waals surface area contributed by atoms with Crippen LogP contribution in [0.25, 0.3) is 5.57 Å². The predicted octanol–water partition coefficient (Wildman–Crippen LogP) is 3.90. The number of morpholine rings is 1. The van der Waals surface area contributed by atoms with E-state index in [0.717, 1.165) is 52.1 Å². The third-order valence-electron chi connectivity index (χ3n) is 6.23. The van der Waals surface area contributed by atoms with Crippen LogP contribution in [-0.2, 0) is 22.3 Å². The van der Waals surface area contributed by atoms with Crippen LogP contribution in [0.1, 0.15) is 50.3 Å². The van der Waals surface area contributed by atoms with Crippen molar-refractivity contribution in [3.05, 3.63) is 41.0 Å². The Balaban J connectivity index is 1.48. The second-order valence-corrected chi connectivity index (χ2v) is 9.39. The van der Waals surface area contributed by atoms with Gasteiger partial charge in [0, 0.05) is 32.2 Å². The molecule has 0 spiro atoms. The SMILES string of the molecule is CC(C)(C)OC(=O)N1CC=C(c2cccc3c2CC(N2CCOCC2)CC3)CC1. The Morgan fingerprint density at radius 1 is 1.14 bits per heavy atom. The van der Waals surface area contributed by atoms with Gasteiger partial charge in [0.05, 0.1) is 13.2 Å². The standard InChI is InChI=1S/C24H34N2O3/c1-24(2,3)29-23(27)26-11-9-19(10-12-26)21-6-4-5-18-7-8-20(17-22(18)21)25-13-15-28-16-14-25/h4-6,9,20H,7-8,10-17H2,1-3H3. The molecule has 158 valence electrons. The number of amides is 1. The lowest BCUT2D eigenvalue weighted by Crippen LogP contribution is -2.46. The molecule has 1 fully saturated rings. The molecule has 1 aliphatic carbocycles. The molecule has 0 saturated carbocycles. The molecule has 0 radical (unpaired) electrons. The molecule has 29 heavy (non-hydrogen) atoms. The van der Waals surface area contributed by atoms with Gasteiger partial charge in [-0.2, -0.15) is 0 Å². The smallest absolute Gasteiger partial charge is 0.410 e. The largest absolute Gasteiger partial charge is 0.444 e. The first-order valence-electron chi connectivity index (χ1n) is 11.0. The van der Waals surface area contributed by atoms with Crippen molar-refractivity contribution in [3.8, 4) is 0 Å². The van der Waals surface area contributed by atoms with Crippen LogP contribution in [0.2, 0.25) is 0 Å². The van der Waals surface area contributed by atoms with Crippen molar-refractivity contribution < 1.29 is 14.3 Å². The lowest BCUT2D eigenvalue weighted by Gasteiger charge is -2.38. The highest BCUT2D eigenvalue weighted by Crippen LogP contribution is 2.33. The average Bonchev–Trinajstić information content (AvgIpc) is 2.72. The van der Waals surface area contributed by atoms with Gasteiger partial charge in [-0.25, -0.2) is 4.79 Å². The fourth-order valence-corrected chi connectivity index (χ4v) is 4.73. The van der Waals surface area contributed by atoms with Gasteiger partial charge in [0.15, 0.2) is 0 Å². The molecule has 0 bridgehead atoms. The first-order valence-corrected chi connectivity index (χ1v) is 11.0. The van der Waals surface area contributed by atoms with E-state index in [9.17, 15) is 4.79 Å². The van der Waals surface area contributed by atoms with E-state index in [4.69, 9.17) is 9.47 Å².